The number of hydrogen-bond donors (Lipinski definition) is 0. The zero-order valence-electron chi connectivity index (χ0n) is 11.4. The third-order valence-corrected chi connectivity index (χ3v) is 3.01. The highest BCUT2D eigenvalue weighted by Crippen LogP contribution is 2.15. The average Bonchev–Trinajstić information content (AvgIpc) is 2.50. The second kappa shape index (κ2) is 7.06. The van der Waals surface area contributed by atoms with Crippen LogP contribution >= 0.6 is 0 Å². The van der Waals surface area contributed by atoms with Crippen molar-refractivity contribution in [3.05, 3.63) is 69.8 Å². The van der Waals surface area contributed by atoms with Gasteiger partial charge in [-0.2, -0.15) is 5.26 Å². The molecule has 2 rings (SSSR count). The molecule has 21 heavy (non-hydrogen) atoms. The molecular weight excluding hydrogens is 268 g/mol. The summed E-state index contributed by atoms with van der Waals surface area (Å²) in [5.41, 5.74) is 2.04. The smallest absolute Gasteiger partial charge is 0.269 e. The molecule has 0 radical (unpaired) electrons. The summed E-state index contributed by atoms with van der Waals surface area (Å²) in [5, 5.41) is 19.1. The van der Waals surface area contributed by atoms with Crippen LogP contribution in [-0.2, 0) is 12.8 Å². The molecule has 5 heteroatoms. The fraction of sp³-hybridized carbons (Fsp3) is 0.188. The fourth-order valence-corrected chi connectivity index (χ4v) is 1.87. The van der Waals surface area contributed by atoms with E-state index in [2.05, 4.69) is 6.07 Å². The second-order valence-electron chi connectivity index (χ2n) is 4.50. The van der Waals surface area contributed by atoms with Crippen molar-refractivity contribution in [2.24, 2.45) is 0 Å². The summed E-state index contributed by atoms with van der Waals surface area (Å²) in [6.07, 6.45) is 1.07. The van der Waals surface area contributed by atoms with Crippen molar-refractivity contribution in [2.45, 2.75) is 12.8 Å². The minimum atomic E-state index is -0.414. The number of nitro groups is 1. The van der Waals surface area contributed by atoms with Crippen molar-refractivity contribution in [3.8, 4) is 11.8 Å². The highest BCUT2D eigenvalue weighted by molar-refractivity contribution is 5.33. The molecule has 0 aliphatic heterocycles. The molecule has 0 atom stereocenters. The van der Waals surface area contributed by atoms with Crippen molar-refractivity contribution < 1.29 is 9.66 Å². The quantitative estimate of drug-likeness (QED) is 0.601. The summed E-state index contributed by atoms with van der Waals surface area (Å²) in [7, 11) is 0. The van der Waals surface area contributed by atoms with Gasteiger partial charge in [0.2, 0.25) is 0 Å². The first-order chi connectivity index (χ1) is 10.2. The van der Waals surface area contributed by atoms with E-state index in [0.717, 1.165) is 16.9 Å². The van der Waals surface area contributed by atoms with E-state index in [4.69, 9.17) is 10.00 Å². The van der Waals surface area contributed by atoms with Crippen LogP contribution in [0.3, 0.4) is 0 Å². The highest BCUT2D eigenvalue weighted by atomic mass is 16.6. The van der Waals surface area contributed by atoms with Crippen LogP contribution < -0.4 is 4.74 Å². The number of nitrogens with zero attached hydrogens (tertiary/aromatic N) is 2. The number of rotatable bonds is 6. The van der Waals surface area contributed by atoms with Crippen molar-refractivity contribution in [1.29, 1.82) is 5.26 Å². The first-order valence-electron chi connectivity index (χ1n) is 6.51. The van der Waals surface area contributed by atoms with Gasteiger partial charge in [-0.1, -0.05) is 24.3 Å². The van der Waals surface area contributed by atoms with E-state index in [0.29, 0.717) is 19.4 Å². The normalized spacial score (nSPS) is 9.86. The van der Waals surface area contributed by atoms with Gasteiger partial charge in [0.1, 0.15) is 5.75 Å². The highest BCUT2D eigenvalue weighted by Gasteiger charge is 2.04. The second-order valence-corrected chi connectivity index (χ2v) is 4.50. The monoisotopic (exact) mass is 282 g/mol. The van der Waals surface area contributed by atoms with Crippen LogP contribution in [0.5, 0.6) is 5.75 Å². The first kappa shape index (κ1) is 14.5. The van der Waals surface area contributed by atoms with Crippen molar-refractivity contribution in [3.63, 3.8) is 0 Å². The number of ether oxygens (including phenoxy) is 1. The predicted octanol–water partition coefficient (Wildman–Crippen LogP) is 3.28. The Morgan fingerprint density at radius 1 is 1.05 bits per heavy atom. The maximum Gasteiger partial charge on any atom is 0.269 e. The lowest BCUT2D eigenvalue weighted by Gasteiger charge is -2.06. The van der Waals surface area contributed by atoms with Crippen LogP contribution in [0.25, 0.3) is 0 Å². The lowest BCUT2D eigenvalue weighted by molar-refractivity contribution is -0.384. The number of non-ortho nitro benzene ring substituents is 1. The maximum absolute atomic E-state index is 10.5. The molecule has 2 aromatic carbocycles. The number of nitro benzene ring substituents is 1. The van der Waals surface area contributed by atoms with E-state index < -0.39 is 4.92 Å². The van der Waals surface area contributed by atoms with E-state index >= 15 is 0 Å². The molecule has 0 saturated heterocycles. The maximum atomic E-state index is 10.5. The Morgan fingerprint density at radius 3 is 2.24 bits per heavy atom. The molecule has 106 valence electrons. The molecule has 0 fully saturated rings. The number of nitriles is 1. The van der Waals surface area contributed by atoms with E-state index in [9.17, 15) is 10.1 Å². The molecule has 0 amide bonds. The predicted molar refractivity (Wildman–Crippen MR) is 78.1 cm³/mol. The Bertz CT molecular complexity index is 643. The van der Waals surface area contributed by atoms with Gasteiger partial charge < -0.3 is 4.74 Å². The van der Waals surface area contributed by atoms with Crippen molar-refractivity contribution >= 4 is 5.69 Å². The molecule has 5 nitrogen and oxygen atoms in total. The molecule has 0 aliphatic carbocycles. The molecule has 0 saturated carbocycles. The van der Waals surface area contributed by atoms with Crippen LogP contribution in [0.1, 0.15) is 11.1 Å². The van der Waals surface area contributed by atoms with E-state index in [1.54, 1.807) is 12.1 Å². The number of benzene rings is 2. The molecule has 0 unspecified atom stereocenters. The molecule has 0 aromatic heterocycles. The van der Waals surface area contributed by atoms with Gasteiger partial charge in [0, 0.05) is 18.6 Å². The summed E-state index contributed by atoms with van der Waals surface area (Å²) >= 11 is 0. The average molecular weight is 282 g/mol. The summed E-state index contributed by atoms with van der Waals surface area (Å²) in [5.74, 6) is 0.749. The summed E-state index contributed by atoms with van der Waals surface area (Å²) in [4.78, 5) is 10.1. The molecule has 0 spiro atoms. The minimum Gasteiger partial charge on any atom is -0.493 e. The van der Waals surface area contributed by atoms with Gasteiger partial charge in [-0.25, -0.2) is 0 Å². The summed E-state index contributed by atoms with van der Waals surface area (Å²) in [6, 6.07) is 15.9. The molecule has 0 aliphatic rings. The van der Waals surface area contributed by atoms with Crippen LogP contribution in [0.2, 0.25) is 0 Å². The first-order valence-corrected chi connectivity index (χ1v) is 6.51. The van der Waals surface area contributed by atoms with E-state index in [1.807, 2.05) is 24.3 Å². The Balaban J connectivity index is 1.83. The molecule has 2 aromatic rings. The van der Waals surface area contributed by atoms with Gasteiger partial charge >= 0.3 is 0 Å². The number of hydrogen-bond acceptors (Lipinski definition) is 4. The van der Waals surface area contributed by atoms with Crippen molar-refractivity contribution in [2.75, 3.05) is 6.61 Å². The summed E-state index contributed by atoms with van der Waals surface area (Å²) < 4.78 is 5.60. The zero-order chi connectivity index (χ0) is 15.1. The van der Waals surface area contributed by atoms with Gasteiger partial charge in [0.05, 0.1) is 24.0 Å². The Kier molecular flexibility index (Phi) is 4.89. The fourth-order valence-electron chi connectivity index (χ4n) is 1.87. The third kappa shape index (κ3) is 4.32. The Morgan fingerprint density at radius 2 is 1.67 bits per heavy atom. The topological polar surface area (TPSA) is 76.2 Å². The van der Waals surface area contributed by atoms with Crippen LogP contribution in [0.15, 0.2) is 48.5 Å². The van der Waals surface area contributed by atoms with Crippen LogP contribution in [-0.4, -0.2) is 11.5 Å². The van der Waals surface area contributed by atoms with Gasteiger partial charge in [-0.15, -0.1) is 0 Å². The molecule has 0 N–H and O–H groups in total. The Labute approximate surface area is 122 Å². The van der Waals surface area contributed by atoms with Crippen molar-refractivity contribution in [1.82, 2.24) is 0 Å². The lowest BCUT2D eigenvalue weighted by atomic mass is 10.1. The van der Waals surface area contributed by atoms with Gasteiger partial charge in [0.15, 0.2) is 0 Å². The SMILES string of the molecule is N#CCc1ccc(OCCc2ccc([N+](=O)[O-])cc2)cc1. The van der Waals surface area contributed by atoms with Gasteiger partial charge in [-0.05, 0) is 23.3 Å². The minimum absolute atomic E-state index is 0.0905. The molecule has 0 bridgehead atoms. The third-order valence-electron chi connectivity index (χ3n) is 3.01. The Hall–Kier alpha value is -2.87. The summed E-state index contributed by atoms with van der Waals surface area (Å²) in [6.45, 7) is 0.495. The van der Waals surface area contributed by atoms with E-state index in [1.165, 1.54) is 12.1 Å². The van der Waals surface area contributed by atoms with Crippen LogP contribution in [0, 0.1) is 21.4 Å². The van der Waals surface area contributed by atoms with Crippen LogP contribution in [0.4, 0.5) is 5.69 Å². The van der Waals surface area contributed by atoms with Gasteiger partial charge in [-0.3, -0.25) is 10.1 Å². The lowest BCUT2D eigenvalue weighted by Crippen LogP contribution is -2.01. The van der Waals surface area contributed by atoms with Gasteiger partial charge in [0.25, 0.3) is 5.69 Å². The molecule has 0 heterocycles. The molecular formula is C16H14N2O3. The standard InChI is InChI=1S/C16H14N2O3/c17-11-9-13-3-7-16(8-4-13)21-12-10-14-1-5-15(6-2-14)18(19)20/h1-8H,9-10,12H2. The van der Waals surface area contributed by atoms with E-state index in [-0.39, 0.29) is 5.69 Å². The largest absolute Gasteiger partial charge is 0.493 e. The zero-order valence-corrected chi connectivity index (χ0v) is 11.4.